The summed E-state index contributed by atoms with van der Waals surface area (Å²) in [6.45, 7) is 4.26. The number of anilines is 2. The lowest BCUT2D eigenvalue weighted by Gasteiger charge is -2.07. The first-order chi connectivity index (χ1) is 5.11. The quantitative estimate of drug-likeness (QED) is 0.475. The lowest BCUT2D eigenvalue weighted by atomic mass is 10.0. The Morgan fingerprint density at radius 1 is 1.00 bits per heavy atom. The molecule has 0 atom stereocenters. The van der Waals surface area contributed by atoms with E-state index in [-0.39, 0.29) is 24.8 Å². The van der Waals surface area contributed by atoms with Crippen LogP contribution in [0.5, 0.6) is 0 Å². The number of nitrogen functional groups attached to an aromatic ring is 2. The molecular weight excluding hydrogens is 207 g/mol. The molecule has 0 saturated carbocycles. The second-order valence-corrected chi connectivity index (χ2v) is 3.04. The molecule has 0 heterocycles. The molecule has 0 unspecified atom stereocenters. The summed E-state index contributed by atoms with van der Waals surface area (Å²) in [5.74, 6) is 0.512. The van der Waals surface area contributed by atoms with Crippen molar-refractivity contribution in [1.29, 1.82) is 0 Å². The van der Waals surface area contributed by atoms with Crippen LogP contribution in [0.15, 0.2) is 18.2 Å². The van der Waals surface area contributed by atoms with E-state index in [0.717, 1.165) is 0 Å². The highest BCUT2D eigenvalue weighted by molar-refractivity contribution is 5.64. The van der Waals surface area contributed by atoms with E-state index in [1.807, 2.05) is 18.2 Å². The van der Waals surface area contributed by atoms with Gasteiger partial charge in [0.15, 0.2) is 0 Å². The average Bonchev–Trinajstić information content (AvgIpc) is 1.94. The lowest BCUT2D eigenvalue weighted by Crippen LogP contribution is -3.00. The fraction of sp³-hybridized carbons (Fsp3) is 0.333. The Balaban J connectivity index is 0. The van der Waals surface area contributed by atoms with Gasteiger partial charge in [0.25, 0.3) is 0 Å². The Bertz CT molecular complexity index is 262. The molecule has 0 bridgehead atoms. The number of benzene rings is 1. The Morgan fingerprint density at radius 2 is 1.54 bits per heavy atom. The summed E-state index contributed by atoms with van der Waals surface area (Å²) in [5.41, 5.74) is 13.8. The first-order valence-corrected chi connectivity index (χ1v) is 3.76. The molecule has 0 saturated heterocycles. The van der Waals surface area contributed by atoms with Crippen LogP contribution in [-0.4, -0.2) is 0 Å². The molecule has 4 N–H and O–H groups in total. The van der Waals surface area contributed by atoms with E-state index in [2.05, 4.69) is 13.8 Å². The van der Waals surface area contributed by atoms with Crippen LogP contribution in [0, 0.1) is 0 Å². The Morgan fingerprint density at radius 3 is 1.92 bits per heavy atom. The fourth-order valence-corrected chi connectivity index (χ4v) is 0.952. The van der Waals surface area contributed by atoms with Crippen LogP contribution in [0.3, 0.4) is 0 Å². The van der Waals surface area contributed by atoms with E-state index in [0.29, 0.717) is 17.3 Å². The number of hydrogen-bond donors (Lipinski definition) is 2. The van der Waals surface area contributed by atoms with Crippen LogP contribution < -0.4 is 36.3 Å². The third-order valence-electron chi connectivity index (χ3n) is 1.78. The van der Waals surface area contributed by atoms with Crippen molar-refractivity contribution in [3.8, 4) is 0 Å². The van der Waals surface area contributed by atoms with Crippen LogP contribution >= 0.6 is 0 Å². The van der Waals surface area contributed by atoms with Crippen LogP contribution in [0.1, 0.15) is 25.3 Å². The summed E-state index contributed by atoms with van der Waals surface area (Å²) in [4.78, 5) is 0. The number of hydrogen-bond acceptors (Lipinski definition) is 2. The van der Waals surface area contributed by atoms with Gasteiger partial charge in [-0.15, -0.1) is 0 Å². The largest absolute Gasteiger partial charge is 1.00 e. The molecule has 0 aliphatic carbocycles. The van der Waals surface area contributed by atoms with Crippen LogP contribution in [0.25, 0.3) is 0 Å². The summed E-state index contributed by atoms with van der Waals surface area (Å²) in [6.07, 6.45) is 0. The summed E-state index contributed by atoms with van der Waals surface area (Å²) in [6, 6.07) is 5.79. The highest BCUT2D eigenvalue weighted by Gasteiger charge is 2.00. The van der Waals surface area contributed by atoms with Crippen molar-refractivity contribution in [2.75, 3.05) is 11.5 Å². The molecule has 0 aliphatic heterocycles. The van der Waals surface area contributed by atoms with E-state index >= 15 is 0 Å². The molecule has 0 radical (unpaired) electrons. The first-order valence-electron chi connectivity index (χ1n) is 3.76. The molecule has 1 aromatic rings. The van der Waals surface area contributed by atoms with Crippen molar-refractivity contribution in [2.24, 2.45) is 0 Å². The average molecular weight is 221 g/mol. The fourth-order valence-electron chi connectivity index (χ4n) is 0.952. The summed E-state index contributed by atoms with van der Waals surface area (Å²) in [7, 11) is 0. The normalized spacial score (nSPS) is 8.85. The third kappa shape index (κ3) is 3.75. The maximum atomic E-state index is 5.63. The predicted molar refractivity (Wildman–Crippen MR) is 49.4 cm³/mol. The van der Waals surface area contributed by atoms with Crippen molar-refractivity contribution in [2.45, 2.75) is 19.8 Å². The van der Waals surface area contributed by atoms with Crippen molar-refractivity contribution < 1.29 is 24.8 Å². The minimum atomic E-state index is 0. The number of nitrogens with two attached hydrogens (primary N) is 2. The van der Waals surface area contributed by atoms with Gasteiger partial charge in [-0.2, -0.15) is 0 Å². The van der Waals surface area contributed by atoms with E-state index in [4.69, 9.17) is 11.5 Å². The van der Waals surface area contributed by atoms with Gasteiger partial charge >= 0.3 is 0 Å². The van der Waals surface area contributed by atoms with Crippen molar-refractivity contribution in [3.05, 3.63) is 23.8 Å². The predicted octanol–water partition coefficient (Wildman–Crippen LogP) is -4.02. The van der Waals surface area contributed by atoms with Gasteiger partial charge in [-0.05, 0) is 23.6 Å². The van der Waals surface area contributed by atoms with Gasteiger partial charge in [-0.1, -0.05) is 19.9 Å². The summed E-state index contributed by atoms with van der Waals surface area (Å²) in [5, 5.41) is 0. The molecule has 0 spiro atoms. The van der Waals surface area contributed by atoms with Crippen LogP contribution in [-0.2, 0) is 0 Å². The topological polar surface area (TPSA) is 52.0 Å². The van der Waals surface area contributed by atoms with Gasteiger partial charge < -0.3 is 36.3 Å². The van der Waals surface area contributed by atoms with E-state index in [1.54, 1.807) is 0 Å². The molecule has 76 valence electrons. The second kappa shape index (κ2) is 5.95. The molecule has 0 aliphatic rings. The molecule has 2 nitrogen and oxygen atoms in total. The van der Waals surface area contributed by atoms with Gasteiger partial charge in [0, 0.05) is 0 Å². The second-order valence-electron chi connectivity index (χ2n) is 3.04. The first kappa shape index (κ1) is 14.9. The molecule has 1 rings (SSSR count). The van der Waals surface area contributed by atoms with Gasteiger partial charge in [-0.25, -0.2) is 0 Å². The van der Waals surface area contributed by atoms with Crippen molar-refractivity contribution >= 4 is 11.4 Å². The van der Waals surface area contributed by atoms with Gasteiger partial charge in [-0.3, -0.25) is 0 Å². The SMILES string of the molecule is CC(C)c1ccc(N)c(N)c1.[Cl-].[Cl-]. The molecule has 0 amide bonds. The zero-order chi connectivity index (χ0) is 8.43. The summed E-state index contributed by atoms with van der Waals surface area (Å²) < 4.78 is 0. The van der Waals surface area contributed by atoms with Gasteiger partial charge in [0.2, 0.25) is 0 Å². The Hall–Kier alpha value is -0.600. The maximum absolute atomic E-state index is 5.63. The minimum Gasteiger partial charge on any atom is -1.00 e. The zero-order valence-corrected chi connectivity index (χ0v) is 9.23. The molecule has 1 aromatic carbocycles. The smallest absolute Gasteiger partial charge is 0.0550 e. The lowest BCUT2D eigenvalue weighted by molar-refractivity contribution is -0.001000. The van der Waals surface area contributed by atoms with E-state index < -0.39 is 0 Å². The third-order valence-corrected chi connectivity index (χ3v) is 1.78. The number of rotatable bonds is 1. The monoisotopic (exact) mass is 220 g/mol. The standard InChI is InChI=1S/C9H14N2.2ClH/c1-6(2)7-3-4-8(10)9(11)5-7;;/h3-6H,10-11H2,1-2H3;2*1H/p-2. The highest BCUT2D eigenvalue weighted by atomic mass is 35.5. The molecule has 0 aromatic heterocycles. The van der Waals surface area contributed by atoms with Gasteiger partial charge in [0.05, 0.1) is 11.4 Å². The molecule has 0 fully saturated rings. The zero-order valence-electron chi connectivity index (χ0n) is 7.72. The maximum Gasteiger partial charge on any atom is 0.0550 e. The minimum absolute atomic E-state index is 0. The Labute approximate surface area is 91.5 Å². The van der Waals surface area contributed by atoms with Crippen molar-refractivity contribution in [3.63, 3.8) is 0 Å². The Kier molecular flexibility index (Phi) is 6.82. The summed E-state index contributed by atoms with van der Waals surface area (Å²) >= 11 is 0. The van der Waals surface area contributed by atoms with Crippen molar-refractivity contribution in [1.82, 2.24) is 0 Å². The highest BCUT2D eigenvalue weighted by Crippen LogP contribution is 2.21. The number of halogens is 2. The molecular formula is C9H14Cl2N2-2. The van der Waals surface area contributed by atoms with E-state index in [1.165, 1.54) is 5.56 Å². The van der Waals surface area contributed by atoms with Crippen LogP contribution in [0.4, 0.5) is 11.4 Å². The molecule has 13 heavy (non-hydrogen) atoms. The van der Waals surface area contributed by atoms with Gasteiger partial charge in [0.1, 0.15) is 0 Å². The van der Waals surface area contributed by atoms with E-state index in [9.17, 15) is 0 Å². The molecule has 4 heteroatoms. The van der Waals surface area contributed by atoms with Crippen LogP contribution in [0.2, 0.25) is 0 Å².